The van der Waals surface area contributed by atoms with Crippen LogP contribution in [0.4, 0.5) is 0 Å². The number of fused-ring (bicyclic) bond motifs is 1. The van der Waals surface area contributed by atoms with Crippen molar-refractivity contribution in [3.63, 3.8) is 0 Å². The molecule has 7 heteroatoms. The number of rotatable bonds is 2. The van der Waals surface area contributed by atoms with Gasteiger partial charge in [-0.3, -0.25) is 0 Å². The fourth-order valence-electron chi connectivity index (χ4n) is 3.50. The average molecular weight is 379 g/mol. The van der Waals surface area contributed by atoms with Crippen molar-refractivity contribution in [1.82, 2.24) is 4.31 Å². The normalized spacial score (nSPS) is 31.4. The molecule has 2 heterocycles. The Morgan fingerprint density at radius 3 is 2.75 bits per heavy atom. The number of hydrogen-bond acceptors (Lipinski definition) is 4. The molecule has 0 bridgehead atoms. The fourth-order valence-corrected chi connectivity index (χ4v) is 7.42. The van der Waals surface area contributed by atoms with Crippen molar-refractivity contribution in [2.75, 3.05) is 13.1 Å². The number of hydrogen-bond donors (Lipinski definition) is 1. The van der Waals surface area contributed by atoms with E-state index >= 15 is 0 Å². The molecule has 2 aliphatic rings. The molecular weight excluding hydrogens is 360 g/mol. The lowest BCUT2D eigenvalue weighted by molar-refractivity contribution is 0.260. The number of nitrogens with zero attached hydrogens (tertiary/aromatic N) is 1. The number of nitrogens with two attached hydrogens (primary N) is 1. The molecule has 2 fully saturated rings. The molecule has 20 heavy (non-hydrogen) atoms. The standard InChI is InChI=1S/C13H19BrN2O2S2/c1-8-12(5-13(14)19-8)20(17,18)16-6-9-3-2-4-11(15)10(9)7-16/h5,9-11H,2-4,6-7,15H2,1H3. The van der Waals surface area contributed by atoms with E-state index < -0.39 is 10.0 Å². The summed E-state index contributed by atoms with van der Waals surface area (Å²) in [5.41, 5.74) is 6.17. The molecule has 0 radical (unpaired) electrons. The third kappa shape index (κ3) is 2.47. The summed E-state index contributed by atoms with van der Waals surface area (Å²) >= 11 is 4.84. The quantitative estimate of drug-likeness (QED) is 0.859. The first-order valence-electron chi connectivity index (χ1n) is 6.91. The van der Waals surface area contributed by atoms with Crippen molar-refractivity contribution < 1.29 is 8.42 Å². The molecule has 1 aromatic heterocycles. The molecule has 1 aliphatic carbocycles. The zero-order valence-electron chi connectivity index (χ0n) is 11.4. The van der Waals surface area contributed by atoms with Gasteiger partial charge in [-0.1, -0.05) is 6.42 Å². The Hall–Kier alpha value is 0.0500. The van der Waals surface area contributed by atoms with Gasteiger partial charge in [-0.25, -0.2) is 8.42 Å². The van der Waals surface area contributed by atoms with Crippen molar-refractivity contribution in [3.8, 4) is 0 Å². The minimum atomic E-state index is -3.37. The maximum absolute atomic E-state index is 12.8. The smallest absolute Gasteiger partial charge is 0.244 e. The van der Waals surface area contributed by atoms with Crippen molar-refractivity contribution in [2.45, 2.75) is 37.1 Å². The SMILES string of the molecule is Cc1sc(Br)cc1S(=O)(=O)N1CC2CCCC(N)C2C1. The van der Waals surface area contributed by atoms with Gasteiger partial charge >= 0.3 is 0 Å². The van der Waals surface area contributed by atoms with Gasteiger partial charge in [-0.2, -0.15) is 4.31 Å². The Labute approximate surface area is 132 Å². The molecule has 3 atom stereocenters. The van der Waals surface area contributed by atoms with E-state index in [9.17, 15) is 8.42 Å². The highest BCUT2D eigenvalue weighted by molar-refractivity contribution is 9.11. The first-order chi connectivity index (χ1) is 9.39. The van der Waals surface area contributed by atoms with Gasteiger partial charge in [0.15, 0.2) is 0 Å². The van der Waals surface area contributed by atoms with Gasteiger partial charge in [0.1, 0.15) is 0 Å². The van der Waals surface area contributed by atoms with Crippen molar-refractivity contribution in [1.29, 1.82) is 0 Å². The van der Waals surface area contributed by atoms with Crippen LogP contribution in [-0.2, 0) is 10.0 Å². The average Bonchev–Trinajstić information content (AvgIpc) is 2.94. The molecule has 112 valence electrons. The highest BCUT2D eigenvalue weighted by Crippen LogP contribution is 2.39. The van der Waals surface area contributed by atoms with E-state index in [4.69, 9.17) is 5.73 Å². The molecule has 3 rings (SSSR count). The minimum absolute atomic E-state index is 0.157. The molecule has 1 saturated heterocycles. The molecule has 1 aliphatic heterocycles. The van der Waals surface area contributed by atoms with Gasteiger partial charge in [0.05, 0.1) is 8.68 Å². The predicted octanol–water partition coefficient (Wildman–Crippen LogP) is 2.57. The van der Waals surface area contributed by atoms with Crippen LogP contribution in [0.1, 0.15) is 24.1 Å². The van der Waals surface area contributed by atoms with Gasteiger partial charge in [0.25, 0.3) is 0 Å². The number of aryl methyl sites for hydroxylation is 1. The van der Waals surface area contributed by atoms with Crippen LogP contribution in [0.5, 0.6) is 0 Å². The number of thiophene rings is 1. The van der Waals surface area contributed by atoms with Crippen molar-refractivity contribution >= 4 is 37.3 Å². The van der Waals surface area contributed by atoms with Gasteiger partial charge in [-0.05, 0) is 53.6 Å². The van der Waals surface area contributed by atoms with Crippen LogP contribution < -0.4 is 5.73 Å². The van der Waals surface area contributed by atoms with Crippen LogP contribution in [0, 0.1) is 18.8 Å². The highest BCUT2D eigenvalue weighted by atomic mass is 79.9. The molecule has 1 aromatic rings. The second kappa shape index (κ2) is 5.35. The van der Waals surface area contributed by atoms with E-state index in [2.05, 4.69) is 15.9 Å². The van der Waals surface area contributed by atoms with E-state index in [-0.39, 0.29) is 6.04 Å². The molecular formula is C13H19BrN2O2S2. The van der Waals surface area contributed by atoms with Crippen LogP contribution in [0.15, 0.2) is 14.7 Å². The molecule has 3 unspecified atom stereocenters. The van der Waals surface area contributed by atoms with Crippen LogP contribution in [-0.4, -0.2) is 31.9 Å². The summed E-state index contributed by atoms with van der Waals surface area (Å²) in [6.07, 6.45) is 3.26. The van der Waals surface area contributed by atoms with E-state index in [0.29, 0.717) is 29.8 Å². The van der Waals surface area contributed by atoms with Crippen LogP contribution in [0.2, 0.25) is 0 Å². The first-order valence-corrected chi connectivity index (χ1v) is 9.96. The molecule has 0 amide bonds. The Kier molecular flexibility index (Phi) is 4.01. The lowest BCUT2D eigenvalue weighted by Crippen LogP contribution is -2.38. The van der Waals surface area contributed by atoms with Crippen LogP contribution in [0.3, 0.4) is 0 Å². The Morgan fingerprint density at radius 1 is 1.40 bits per heavy atom. The first kappa shape index (κ1) is 15.0. The summed E-state index contributed by atoms with van der Waals surface area (Å²) in [6, 6.07) is 1.88. The molecule has 0 aromatic carbocycles. The lowest BCUT2D eigenvalue weighted by Gasteiger charge is -2.29. The maximum Gasteiger partial charge on any atom is 0.244 e. The summed E-state index contributed by atoms with van der Waals surface area (Å²) in [6.45, 7) is 3.08. The number of halogens is 1. The largest absolute Gasteiger partial charge is 0.327 e. The summed E-state index contributed by atoms with van der Waals surface area (Å²) in [5, 5.41) is 0. The Balaban J connectivity index is 1.88. The molecule has 4 nitrogen and oxygen atoms in total. The topological polar surface area (TPSA) is 63.4 Å². The predicted molar refractivity (Wildman–Crippen MR) is 84.3 cm³/mol. The van der Waals surface area contributed by atoms with Gasteiger partial charge < -0.3 is 5.73 Å². The third-order valence-electron chi connectivity index (χ3n) is 4.58. The summed E-state index contributed by atoms with van der Waals surface area (Å²) < 4.78 is 28.1. The van der Waals surface area contributed by atoms with Gasteiger partial charge in [0, 0.05) is 24.0 Å². The molecule has 0 spiro atoms. The van der Waals surface area contributed by atoms with E-state index in [1.165, 1.54) is 11.3 Å². The van der Waals surface area contributed by atoms with Gasteiger partial charge in [0.2, 0.25) is 10.0 Å². The zero-order valence-corrected chi connectivity index (χ0v) is 14.6. The maximum atomic E-state index is 12.8. The summed E-state index contributed by atoms with van der Waals surface area (Å²) in [5.74, 6) is 0.775. The summed E-state index contributed by atoms with van der Waals surface area (Å²) in [4.78, 5) is 1.29. The third-order valence-corrected chi connectivity index (χ3v) is 8.22. The monoisotopic (exact) mass is 378 g/mol. The van der Waals surface area contributed by atoms with Crippen molar-refractivity contribution in [2.24, 2.45) is 17.6 Å². The second-order valence-electron chi connectivity index (χ2n) is 5.81. The fraction of sp³-hybridized carbons (Fsp3) is 0.692. The lowest BCUT2D eigenvalue weighted by atomic mass is 9.78. The molecule has 2 N–H and O–H groups in total. The van der Waals surface area contributed by atoms with Crippen molar-refractivity contribution in [3.05, 3.63) is 14.7 Å². The number of sulfonamides is 1. The summed E-state index contributed by atoms with van der Waals surface area (Å²) in [7, 11) is -3.37. The Bertz CT molecular complexity index is 614. The highest BCUT2D eigenvalue weighted by Gasteiger charge is 2.43. The minimum Gasteiger partial charge on any atom is -0.327 e. The van der Waals surface area contributed by atoms with E-state index in [1.807, 2.05) is 6.92 Å². The second-order valence-corrected chi connectivity index (χ2v) is 10.4. The van der Waals surface area contributed by atoms with Gasteiger partial charge in [-0.15, -0.1) is 11.3 Å². The van der Waals surface area contributed by atoms with E-state index in [0.717, 1.165) is 27.9 Å². The van der Waals surface area contributed by atoms with Crippen LogP contribution >= 0.6 is 27.3 Å². The van der Waals surface area contributed by atoms with Crippen LogP contribution in [0.25, 0.3) is 0 Å². The zero-order chi connectivity index (χ0) is 14.5. The van der Waals surface area contributed by atoms with E-state index in [1.54, 1.807) is 10.4 Å². The molecule has 1 saturated carbocycles. The Morgan fingerprint density at radius 2 is 2.15 bits per heavy atom.